The largest absolute Gasteiger partial charge is 0.872 e. The number of anilines is 1. The molecule has 0 bridgehead atoms. The minimum absolute atomic E-state index is 0.0816. The minimum atomic E-state index is -1.42. The zero-order chi connectivity index (χ0) is 19.6. The molecule has 0 aliphatic carbocycles. The van der Waals surface area contributed by atoms with Gasteiger partial charge in [0.05, 0.1) is 10.5 Å². The van der Waals surface area contributed by atoms with Gasteiger partial charge in [-0.25, -0.2) is 4.79 Å². The molecule has 27 heavy (non-hydrogen) atoms. The molecule has 1 aromatic heterocycles. The Labute approximate surface area is 161 Å². The van der Waals surface area contributed by atoms with Crippen molar-refractivity contribution in [3.63, 3.8) is 0 Å². The van der Waals surface area contributed by atoms with Crippen LogP contribution in [-0.2, 0) is 9.59 Å². The number of carbonyl (C=O) groups excluding carboxylic acids is 3. The van der Waals surface area contributed by atoms with Crippen LogP contribution in [0.15, 0.2) is 40.6 Å². The number of rotatable bonds is 5. The van der Waals surface area contributed by atoms with Crippen molar-refractivity contribution >= 4 is 57.9 Å². The molecular weight excluding hydrogens is 392 g/mol. The Morgan fingerprint density at radius 2 is 2.04 bits per heavy atom. The lowest BCUT2D eigenvalue weighted by atomic mass is 10.2. The fourth-order valence-corrected chi connectivity index (χ4v) is 3.82. The van der Waals surface area contributed by atoms with E-state index in [-0.39, 0.29) is 10.6 Å². The van der Waals surface area contributed by atoms with Crippen LogP contribution in [0.25, 0.3) is 6.08 Å². The molecule has 1 aliphatic heterocycles. The molecule has 0 spiro atoms. The van der Waals surface area contributed by atoms with Crippen molar-refractivity contribution in [2.24, 2.45) is 0 Å². The summed E-state index contributed by atoms with van der Waals surface area (Å²) in [5.41, 5.74) is -0.407. The Bertz CT molecular complexity index is 968. The molecule has 0 unspecified atom stereocenters. The number of carboxylic acids is 1. The number of aromatic carboxylic acids is 1. The maximum atomic E-state index is 12.3. The molecule has 3 amide bonds. The Balaban J connectivity index is 1.69. The van der Waals surface area contributed by atoms with Crippen molar-refractivity contribution in [3.8, 4) is 5.75 Å². The first kappa shape index (κ1) is 18.7. The van der Waals surface area contributed by atoms with Crippen molar-refractivity contribution in [1.82, 2.24) is 4.90 Å². The Morgan fingerprint density at radius 1 is 1.26 bits per heavy atom. The fraction of sp³-hybridized carbons (Fsp3) is 0.0588. The summed E-state index contributed by atoms with van der Waals surface area (Å²) in [6.07, 6.45) is 1.58. The SMILES string of the molecule is O=C(CN1C(=O)S/C(=C\c2cccs2)C1=O)Nc1ccc([O-])c(C(=O)O)c1. The van der Waals surface area contributed by atoms with Gasteiger partial charge in [0, 0.05) is 10.6 Å². The lowest BCUT2D eigenvalue weighted by Crippen LogP contribution is -2.36. The highest BCUT2D eigenvalue weighted by Crippen LogP contribution is 2.32. The molecule has 2 heterocycles. The van der Waals surface area contributed by atoms with Crippen LogP contribution in [0.4, 0.5) is 10.5 Å². The van der Waals surface area contributed by atoms with Gasteiger partial charge in [-0.05, 0) is 41.4 Å². The molecule has 2 aromatic rings. The molecule has 10 heteroatoms. The van der Waals surface area contributed by atoms with Gasteiger partial charge >= 0.3 is 5.97 Å². The molecule has 1 fully saturated rings. The van der Waals surface area contributed by atoms with Crippen LogP contribution >= 0.6 is 23.1 Å². The van der Waals surface area contributed by atoms with Crippen LogP contribution in [0.1, 0.15) is 15.2 Å². The number of carboxylic acid groups (broad SMARTS) is 1. The van der Waals surface area contributed by atoms with E-state index in [1.54, 1.807) is 12.1 Å². The highest BCUT2D eigenvalue weighted by atomic mass is 32.2. The summed E-state index contributed by atoms with van der Waals surface area (Å²) in [4.78, 5) is 49.3. The predicted molar refractivity (Wildman–Crippen MR) is 98.5 cm³/mol. The van der Waals surface area contributed by atoms with Gasteiger partial charge in [-0.3, -0.25) is 19.3 Å². The standard InChI is InChI=1S/C17H12N2O6S2/c20-12-4-3-9(6-11(12)16(23)24)18-14(21)8-19-15(22)13(27-17(19)25)7-10-2-1-5-26-10/h1-7,20H,8H2,(H,18,21)(H,23,24)/p-1/b13-7-. The van der Waals surface area contributed by atoms with E-state index in [2.05, 4.69) is 5.32 Å². The van der Waals surface area contributed by atoms with Crippen molar-refractivity contribution in [2.45, 2.75) is 0 Å². The second-order valence-corrected chi connectivity index (χ2v) is 7.32. The second kappa shape index (κ2) is 7.64. The average molecular weight is 403 g/mol. The van der Waals surface area contributed by atoms with Gasteiger partial charge in [0.25, 0.3) is 11.1 Å². The van der Waals surface area contributed by atoms with Gasteiger partial charge in [0.1, 0.15) is 6.54 Å². The molecule has 0 saturated carbocycles. The summed E-state index contributed by atoms with van der Waals surface area (Å²) in [6.45, 7) is -0.520. The number of imide groups is 1. The average Bonchev–Trinajstić information content (AvgIpc) is 3.21. The number of nitrogens with one attached hydrogen (secondary N) is 1. The van der Waals surface area contributed by atoms with E-state index in [1.165, 1.54) is 17.4 Å². The number of thiophene rings is 1. The first-order valence-electron chi connectivity index (χ1n) is 7.48. The lowest BCUT2D eigenvalue weighted by Gasteiger charge is -2.14. The highest BCUT2D eigenvalue weighted by Gasteiger charge is 2.36. The van der Waals surface area contributed by atoms with Gasteiger partial charge in [0.15, 0.2) is 0 Å². The van der Waals surface area contributed by atoms with Crippen LogP contribution < -0.4 is 10.4 Å². The van der Waals surface area contributed by atoms with Crippen LogP contribution in [0, 0.1) is 0 Å². The molecule has 1 aliphatic rings. The number of carbonyl (C=O) groups is 4. The van der Waals surface area contributed by atoms with Crippen LogP contribution in [0.2, 0.25) is 0 Å². The number of benzene rings is 1. The smallest absolute Gasteiger partial charge is 0.335 e. The Hall–Kier alpha value is -3.11. The van der Waals surface area contributed by atoms with E-state index in [0.29, 0.717) is 0 Å². The third kappa shape index (κ3) is 4.18. The first-order valence-corrected chi connectivity index (χ1v) is 9.18. The summed E-state index contributed by atoms with van der Waals surface area (Å²) in [6, 6.07) is 6.89. The number of nitrogens with zero attached hydrogens (tertiary/aromatic N) is 1. The van der Waals surface area contributed by atoms with Gasteiger partial charge in [-0.1, -0.05) is 17.9 Å². The van der Waals surface area contributed by atoms with Gasteiger partial charge in [-0.15, -0.1) is 11.3 Å². The third-order valence-corrected chi connectivity index (χ3v) is 5.21. The minimum Gasteiger partial charge on any atom is -0.872 e. The number of hydrogen-bond donors (Lipinski definition) is 2. The van der Waals surface area contributed by atoms with E-state index >= 15 is 0 Å². The quantitative estimate of drug-likeness (QED) is 0.733. The maximum Gasteiger partial charge on any atom is 0.335 e. The van der Waals surface area contributed by atoms with Crippen LogP contribution in [0.5, 0.6) is 5.75 Å². The first-order chi connectivity index (χ1) is 12.8. The number of thioether (sulfide) groups is 1. The lowest BCUT2D eigenvalue weighted by molar-refractivity contribution is -0.268. The Kier molecular flexibility index (Phi) is 5.28. The monoisotopic (exact) mass is 403 g/mol. The third-order valence-electron chi connectivity index (χ3n) is 3.49. The second-order valence-electron chi connectivity index (χ2n) is 5.35. The van der Waals surface area contributed by atoms with Gasteiger partial charge < -0.3 is 15.5 Å². The van der Waals surface area contributed by atoms with Gasteiger partial charge in [0.2, 0.25) is 5.91 Å². The zero-order valence-electron chi connectivity index (χ0n) is 13.5. The number of amides is 3. The summed E-state index contributed by atoms with van der Waals surface area (Å²) < 4.78 is 0. The molecule has 8 nitrogen and oxygen atoms in total. The topological polar surface area (TPSA) is 127 Å². The molecule has 0 atom stereocenters. The molecule has 1 aromatic carbocycles. The van der Waals surface area contributed by atoms with E-state index in [4.69, 9.17) is 5.11 Å². The summed E-state index contributed by atoms with van der Waals surface area (Å²) in [5, 5.41) is 24.0. The van der Waals surface area contributed by atoms with Crippen LogP contribution in [0.3, 0.4) is 0 Å². The predicted octanol–water partition coefficient (Wildman–Crippen LogP) is 2.19. The summed E-state index contributed by atoms with van der Waals surface area (Å²) in [5.74, 6) is -3.37. The molecule has 0 radical (unpaired) electrons. The van der Waals surface area contributed by atoms with Crippen molar-refractivity contribution in [3.05, 3.63) is 51.1 Å². The van der Waals surface area contributed by atoms with E-state index in [9.17, 15) is 24.3 Å². The molecular formula is C17H11N2O6S2-. The Morgan fingerprint density at radius 3 is 2.70 bits per heavy atom. The molecule has 138 valence electrons. The van der Waals surface area contributed by atoms with Crippen molar-refractivity contribution in [1.29, 1.82) is 0 Å². The van der Waals surface area contributed by atoms with E-state index < -0.39 is 40.9 Å². The maximum absolute atomic E-state index is 12.3. The highest BCUT2D eigenvalue weighted by molar-refractivity contribution is 8.18. The summed E-state index contributed by atoms with van der Waals surface area (Å²) >= 11 is 2.15. The zero-order valence-corrected chi connectivity index (χ0v) is 15.1. The fourth-order valence-electron chi connectivity index (χ4n) is 2.26. The molecule has 2 N–H and O–H groups in total. The van der Waals surface area contributed by atoms with Crippen LogP contribution in [-0.4, -0.2) is 39.6 Å². The molecule has 3 rings (SSSR count). The normalized spacial score (nSPS) is 15.4. The van der Waals surface area contributed by atoms with E-state index in [1.807, 2.05) is 11.4 Å². The van der Waals surface area contributed by atoms with Crippen molar-refractivity contribution in [2.75, 3.05) is 11.9 Å². The molecule has 1 saturated heterocycles. The van der Waals surface area contributed by atoms with E-state index in [0.717, 1.165) is 33.7 Å². The van der Waals surface area contributed by atoms with Gasteiger partial charge in [-0.2, -0.15) is 0 Å². The van der Waals surface area contributed by atoms with Crippen molar-refractivity contribution < 1.29 is 29.4 Å². The number of hydrogen-bond acceptors (Lipinski definition) is 7. The summed E-state index contributed by atoms with van der Waals surface area (Å²) in [7, 11) is 0.